The largest absolute Gasteiger partial charge is 0.449 e. The fourth-order valence-electron chi connectivity index (χ4n) is 0.701. The molecule has 0 N–H and O–H groups in total. The predicted octanol–water partition coefficient (Wildman–Crippen LogP) is 1.95. The van der Waals surface area contributed by atoms with Crippen LogP contribution >= 0.6 is 11.6 Å². The molecule has 0 aromatic rings. The van der Waals surface area contributed by atoms with Crippen molar-refractivity contribution in [3.63, 3.8) is 0 Å². The molecule has 0 aliphatic heterocycles. The van der Waals surface area contributed by atoms with Gasteiger partial charge in [0, 0.05) is 0 Å². The van der Waals surface area contributed by atoms with Crippen molar-refractivity contribution in [3.8, 4) is 0 Å². The van der Waals surface area contributed by atoms with Gasteiger partial charge in [-0.2, -0.15) is 0 Å². The van der Waals surface area contributed by atoms with Gasteiger partial charge in [-0.05, 0) is 13.8 Å². The van der Waals surface area contributed by atoms with Crippen LogP contribution in [0.3, 0.4) is 0 Å². The number of carbonyl (C=O) groups excluding carboxylic acids is 1. The number of hydrogen-bond donors (Lipinski definition) is 0. The van der Waals surface area contributed by atoms with Crippen molar-refractivity contribution in [1.82, 2.24) is 0 Å². The lowest BCUT2D eigenvalue weighted by Gasteiger charge is -2.21. The molecule has 0 radical (unpaired) electrons. The molecule has 76 valence electrons. The maximum Gasteiger partial charge on any atom is 0.315 e. The average molecular weight is 207 g/mol. The van der Waals surface area contributed by atoms with Crippen LogP contribution in [0.15, 0.2) is 12.7 Å². The SMILES string of the molecule is C=CCOCC(C)(C)C(=O)OCCl. The number of hydrogen-bond acceptors (Lipinski definition) is 3. The summed E-state index contributed by atoms with van der Waals surface area (Å²) in [6, 6.07) is -0.121. The van der Waals surface area contributed by atoms with Crippen molar-refractivity contribution in [3.05, 3.63) is 12.7 Å². The second kappa shape index (κ2) is 6.00. The molecule has 0 heterocycles. The molecule has 0 saturated carbocycles. The van der Waals surface area contributed by atoms with Gasteiger partial charge in [0.05, 0.1) is 18.6 Å². The third kappa shape index (κ3) is 4.90. The van der Waals surface area contributed by atoms with E-state index in [0.29, 0.717) is 13.2 Å². The van der Waals surface area contributed by atoms with E-state index in [1.165, 1.54) is 0 Å². The minimum Gasteiger partial charge on any atom is -0.449 e. The summed E-state index contributed by atoms with van der Waals surface area (Å²) in [6.45, 7) is 7.71. The van der Waals surface area contributed by atoms with Crippen LogP contribution in [0, 0.1) is 5.41 Å². The molecule has 0 aromatic heterocycles. The Morgan fingerprint density at radius 1 is 1.62 bits per heavy atom. The Balaban J connectivity index is 3.90. The molecule has 0 aliphatic rings. The highest BCUT2D eigenvalue weighted by Crippen LogP contribution is 2.17. The molecule has 0 unspecified atom stereocenters. The molecule has 0 rings (SSSR count). The molecular weight excluding hydrogens is 192 g/mol. The van der Waals surface area contributed by atoms with Crippen LogP contribution in [0.1, 0.15) is 13.8 Å². The van der Waals surface area contributed by atoms with Gasteiger partial charge in [0.15, 0.2) is 6.07 Å². The molecule has 0 aromatic carbocycles. The highest BCUT2D eigenvalue weighted by atomic mass is 35.5. The molecule has 0 atom stereocenters. The van der Waals surface area contributed by atoms with Crippen molar-refractivity contribution in [2.45, 2.75) is 13.8 Å². The first-order chi connectivity index (χ1) is 6.04. The van der Waals surface area contributed by atoms with E-state index < -0.39 is 5.41 Å². The van der Waals surface area contributed by atoms with E-state index in [0.717, 1.165) is 0 Å². The van der Waals surface area contributed by atoms with Gasteiger partial charge >= 0.3 is 5.97 Å². The van der Waals surface area contributed by atoms with Crippen molar-refractivity contribution in [2.75, 3.05) is 19.3 Å². The quantitative estimate of drug-likeness (QED) is 0.289. The number of ether oxygens (including phenoxy) is 2. The summed E-state index contributed by atoms with van der Waals surface area (Å²) in [6.07, 6.45) is 1.63. The standard InChI is InChI=1S/C9H15ClO3/c1-4-5-12-6-9(2,3)8(11)13-7-10/h4H,1,5-7H2,2-3H3. The van der Waals surface area contributed by atoms with Gasteiger partial charge in [-0.15, -0.1) is 6.58 Å². The lowest BCUT2D eigenvalue weighted by atomic mass is 9.95. The Morgan fingerprint density at radius 2 is 2.23 bits per heavy atom. The molecule has 0 fully saturated rings. The fourth-order valence-corrected chi connectivity index (χ4v) is 0.800. The van der Waals surface area contributed by atoms with E-state index in [-0.39, 0.29) is 12.0 Å². The lowest BCUT2D eigenvalue weighted by Crippen LogP contribution is -2.31. The number of carbonyl (C=O) groups is 1. The van der Waals surface area contributed by atoms with Crippen LogP contribution in [0.5, 0.6) is 0 Å². The van der Waals surface area contributed by atoms with Gasteiger partial charge in [0.2, 0.25) is 0 Å². The predicted molar refractivity (Wildman–Crippen MR) is 51.6 cm³/mol. The minimum atomic E-state index is -0.655. The van der Waals surface area contributed by atoms with Crippen LogP contribution in [-0.2, 0) is 14.3 Å². The van der Waals surface area contributed by atoms with Crippen molar-refractivity contribution in [2.24, 2.45) is 5.41 Å². The van der Waals surface area contributed by atoms with Gasteiger partial charge in [-0.3, -0.25) is 4.79 Å². The van der Waals surface area contributed by atoms with Gasteiger partial charge in [-0.25, -0.2) is 0 Å². The number of halogens is 1. The molecule has 0 spiro atoms. The van der Waals surface area contributed by atoms with Crippen molar-refractivity contribution < 1.29 is 14.3 Å². The maximum absolute atomic E-state index is 11.2. The summed E-state index contributed by atoms with van der Waals surface area (Å²) in [4.78, 5) is 11.2. The lowest BCUT2D eigenvalue weighted by molar-refractivity contribution is -0.154. The number of rotatable bonds is 6. The van der Waals surface area contributed by atoms with Crippen LogP contribution in [0.25, 0.3) is 0 Å². The topological polar surface area (TPSA) is 35.5 Å². The Morgan fingerprint density at radius 3 is 2.69 bits per heavy atom. The number of alkyl halides is 1. The Labute approximate surface area is 83.7 Å². The van der Waals surface area contributed by atoms with Gasteiger partial charge in [-0.1, -0.05) is 17.7 Å². The summed E-state index contributed by atoms with van der Waals surface area (Å²) < 4.78 is 9.81. The monoisotopic (exact) mass is 206 g/mol. The van der Waals surface area contributed by atoms with E-state index in [4.69, 9.17) is 16.3 Å². The first-order valence-corrected chi connectivity index (χ1v) is 4.50. The Hall–Kier alpha value is -0.540. The molecule has 0 bridgehead atoms. The maximum atomic E-state index is 11.2. The molecule has 13 heavy (non-hydrogen) atoms. The molecule has 0 saturated heterocycles. The molecule has 0 amide bonds. The third-order valence-electron chi connectivity index (χ3n) is 1.44. The smallest absolute Gasteiger partial charge is 0.315 e. The van der Waals surface area contributed by atoms with E-state index in [1.807, 2.05) is 0 Å². The Kier molecular flexibility index (Phi) is 5.75. The van der Waals surface area contributed by atoms with E-state index in [1.54, 1.807) is 19.9 Å². The van der Waals surface area contributed by atoms with Gasteiger partial charge in [0.1, 0.15) is 0 Å². The van der Waals surface area contributed by atoms with Gasteiger partial charge in [0.25, 0.3) is 0 Å². The first kappa shape index (κ1) is 12.5. The van der Waals surface area contributed by atoms with Crippen LogP contribution in [0.2, 0.25) is 0 Å². The molecule has 4 heteroatoms. The highest BCUT2D eigenvalue weighted by molar-refractivity contribution is 6.17. The van der Waals surface area contributed by atoms with E-state index >= 15 is 0 Å². The summed E-state index contributed by atoms with van der Waals surface area (Å²) >= 11 is 5.26. The molecular formula is C9H15ClO3. The molecule has 0 aliphatic carbocycles. The minimum absolute atomic E-state index is 0.121. The van der Waals surface area contributed by atoms with Crippen LogP contribution in [-0.4, -0.2) is 25.2 Å². The highest BCUT2D eigenvalue weighted by Gasteiger charge is 2.29. The summed E-state index contributed by atoms with van der Waals surface area (Å²) in [5.41, 5.74) is -0.655. The van der Waals surface area contributed by atoms with E-state index in [2.05, 4.69) is 11.3 Å². The zero-order chi connectivity index (χ0) is 10.3. The van der Waals surface area contributed by atoms with Crippen molar-refractivity contribution in [1.29, 1.82) is 0 Å². The molecule has 3 nitrogen and oxygen atoms in total. The van der Waals surface area contributed by atoms with Crippen molar-refractivity contribution >= 4 is 17.6 Å². The average Bonchev–Trinajstić information content (AvgIpc) is 2.05. The van der Waals surface area contributed by atoms with Gasteiger partial charge < -0.3 is 9.47 Å². The number of esters is 1. The summed E-state index contributed by atoms with van der Waals surface area (Å²) in [5, 5.41) is 0. The zero-order valence-corrected chi connectivity index (χ0v) is 8.76. The zero-order valence-electron chi connectivity index (χ0n) is 8.01. The first-order valence-electron chi connectivity index (χ1n) is 3.96. The second-order valence-electron chi connectivity index (χ2n) is 3.23. The third-order valence-corrected chi connectivity index (χ3v) is 1.55. The normalized spacial score (nSPS) is 11.0. The van der Waals surface area contributed by atoms with E-state index in [9.17, 15) is 4.79 Å². The summed E-state index contributed by atoms with van der Waals surface area (Å²) in [5.74, 6) is -0.355. The van der Waals surface area contributed by atoms with Crippen LogP contribution < -0.4 is 0 Å². The second-order valence-corrected chi connectivity index (χ2v) is 3.45. The van der Waals surface area contributed by atoms with Crippen LogP contribution in [0.4, 0.5) is 0 Å². The fraction of sp³-hybridized carbons (Fsp3) is 0.667. The Bertz CT molecular complexity index is 178. The summed E-state index contributed by atoms with van der Waals surface area (Å²) in [7, 11) is 0.